The van der Waals surface area contributed by atoms with Crippen molar-refractivity contribution >= 4 is 11.6 Å². The average molecular weight is 404 g/mol. The number of hydrogen-bond acceptors (Lipinski definition) is 5. The Balaban J connectivity index is 1.50. The van der Waals surface area contributed by atoms with Gasteiger partial charge in [-0.05, 0) is 55.8 Å². The molecule has 0 saturated carbocycles. The molecule has 0 amide bonds. The number of hydrogen-bond donors (Lipinski definition) is 2. The Kier molecular flexibility index (Phi) is 8.55. The number of ether oxygens (including phenoxy) is 1. The van der Waals surface area contributed by atoms with Crippen LogP contribution in [0, 0.1) is 0 Å². The molecule has 1 aromatic heterocycles. The summed E-state index contributed by atoms with van der Waals surface area (Å²) in [6.07, 6.45) is 8.15. The zero-order valence-electron chi connectivity index (χ0n) is 16.3. The topological polar surface area (TPSA) is 57.6 Å². The lowest BCUT2D eigenvalue weighted by Crippen LogP contribution is -2.36. The average Bonchev–Trinajstić information content (AvgIpc) is 2.97. The molecule has 1 aromatic carbocycles. The molecule has 0 radical (unpaired) electrons. The molecular weight excluding hydrogens is 374 g/mol. The maximum absolute atomic E-state index is 10.4. The monoisotopic (exact) mass is 403 g/mol. The summed E-state index contributed by atoms with van der Waals surface area (Å²) in [5, 5.41) is 14.5. The minimum absolute atomic E-state index is 0.285. The summed E-state index contributed by atoms with van der Waals surface area (Å²) in [4.78, 5) is 6.47. The predicted molar refractivity (Wildman–Crippen MR) is 113 cm³/mol. The minimum atomic E-state index is -0.495. The summed E-state index contributed by atoms with van der Waals surface area (Å²) >= 11 is 6.17. The van der Waals surface area contributed by atoms with Crippen molar-refractivity contribution in [2.75, 3.05) is 26.2 Å². The second-order valence-electron chi connectivity index (χ2n) is 7.40. The van der Waals surface area contributed by atoms with E-state index in [1.165, 1.54) is 25.7 Å². The Hall–Kier alpha value is -1.66. The standard InChI is InChI=1S/C22H30ClN3O2/c23-20-7-8-22(19(12-20)15-25-14-18-6-5-9-24-13-18)28-17-21(27)16-26-10-3-1-2-4-11-26/h5-9,12-13,21,25,27H,1-4,10-11,14-17H2/t21-/m1/s1. The van der Waals surface area contributed by atoms with Gasteiger partial charge in [0.15, 0.2) is 0 Å². The van der Waals surface area contributed by atoms with Crippen molar-refractivity contribution in [3.8, 4) is 5.75 Å². The molecule has 2 N–H and O–H groups in total. The highest BCUT2D eigenvalue weighted by Gasteiger charge is 2.15. The van der Waals surface area contributed by atoms with Gasteiger partial charge >= 0.3 is 0 Å². The Morgan fingerprint density at radius 1 is 1.14 bits per heavy atom. The molecule has 3 rings (SSSR count). The van der Waals surface area contributed by atoms with Gasteiger partial charge in [-0.1, -0.05) is 30.5 Å². The Morgan fingerprint density at radius 2 is 1.96 bits per heavy atom. The van der Waals surface area contributed by atoms with Crippen LogP contribution in [0.15, 0.2) is 42.7 Å². The lowest BCUT2D eigenvalue weighted by atomic mass is 10.2. The van der Waals surface area contributed by atoms with Gasteiger partial charge in [-0.25, -0.2) is 0 Å². The Bertz CT molecular complexity index is 706. The molecule has 0 unspecified atom stereocenters. The van der Waals surface area contributed by atoms with Crippen molar-refractivity contribution in [1.82, 2.24) is 15.2 Å². The minimum Gasteiger partial charge on any atom is -0.491 e. The van der Waals surface area contributed by atoms with E-state index in [0.717, 1.165) is 36.5 Å². The number of aliphatic hydroxyl groups is 1. The maximum Gasteiger partial charge on any atom is 0.124 e. The number of nitrogens with zero attached hydrogens (tertiary/aromatic N) is 2. The largest absolute Gasteiger partial charge is 0.491 e. The molecule has 1 aliphatic rings. The molecular formula is C22H30ClN3O2. The number of rotatable bonds is 9. The van der Waals surface area contributed by atoms with Crippen LogP contribution in [0.3, 0.4) is 0 Å². The molecule has 1 saturated heterocycles. The van der Waals surface area contributed by atoms with Gasteiger partial charge in [-0.2, -0.15) is 0 Å². The number of benzene rings is 1. The smallest absolute Gasteiger partial charge is 0.124 e. The summed E-state index contributed by atoms with van der Waals surface area (Å²) in [7, 11) is 0. The SMILES string of the molecule is O[C@@H](COc1ccc(Cl)cc1CNCc1cccnc1)CN1CCCCCC1. The second kappa shape index (κ2) is 11.4. The van der Waals surface area contributed by atoms with Gasteiger partial charge < -0.3 is 20.1 Å². The molecule has 2 heterocycles. The number of aromatic nitrogens is 1. The van der Waals surface area contributed by atoms with Gasteiger partial charge in [0.05, 0.1) is 0 Å². The molecule has 152 valence electrons. The van der Waals surface area contributed by atoms with Crippen LogP contribution >= 0.6 is 11.6 Å². The second-order valence-corrected chi connectivity index (χ2v) is 7.83. The van der Waals surface area contributed by atoms with E-state index in [9.17, 15) is 5.11 Å². The van der Waals surface area contributed by atoms with E-state index >= 15 is 0 Å². The third-order valence-electron chi connectivity index (χ3n) is 4.99. The molecule has 0 aliphatic carbocycles. The summed E-state index contributed by atoms with van der Waals surface area (Å²) in [5.41, 5.74) is 2.11. The van der Waals surface area contributed by atoms with Gasteiger partial charge in [0.2, 0.25) is 0 Å². The molecule has 28 heavy (non-hydrogen) atoms. The van der Waals surface area contributed by atoms with Crippen molar-refractivity contribution in [1.29, 1.82) is 0 Å². The third-order valence-corrected chi connectivity index (χ3v) is 5.22. The number of β-amino-alcohol motifs (C(OH)–C–C–N with tert-alkyl or cyclic N) is 1. The van der Waals surface area contributed by atoms with Crippen molar-refractivity contribution in [3.63, 3.8) is 0 Å². The van der Waals surface area contributed by atoms with E-state index < -0.39 is 6.10 Å². The number of pyridine rings is 1. The fourth-order valence-electron chi connectivity index (χ4n) is 3.53. The van der Waals surface area contributed by atoms with E-state index in [-0.39, 0.29) is 6.61 Å². The quantitative estimate of drug-likeness (QED) is 0.669. The van der Waals surface area contributed by atoms with Crippen LogP contribution in [0.1, 0.15) is 36.8 Å². The van der Waals surface area contributed by atoms with E-state index in [2.05, 4.69) is 15.2 Å². The van der Waals surface area contributed by atoms with E-state index in [1.807, 2.05) is 36.5 Å². The fourth-order valence-corrected chi connectivity index (χ4v) is 3.72. The van der Waals surface area contributed by atoms with Gasteiger partial charge in [-0.3, -0.25) is 4.98 Å². The maximum atomic E-state index is 10.4. The molecule has 2 aromatic rings. The van der Waals surface area contributed by atoms with Crippen molar-refractivity contribution in [2.45, 2.75) is 44.9 Å². The van der Waals surface area contributed by atoms with Gasteiger partial charge in [0.1, 0.15) is 18.5 Å². The van der Waals surface area contributed by atoms with E-state index in [1.54, 1.807) is 6.20 Å². The number of nitrogens with one attached hydrogen (secondary N) is 1. The predicted octanol–water partition coefficient (Wildman–Crippen LogP) is 3.64. The Labute approximate surface area is 172 Å². The van der Waals surface area contributed by atoms with Gasteiger partial charge in [0, 0.05) is 42.6 Å². The molecule has 0 bridgehead atoms. The summed E-state index contributed by atoms with van der Waals surface area (Å²) in [6.45, 7) is 4.45. The summed E-state index contributed by atoms with van der Waals surface area (Å²) in [5.74, 6) is 0.762. The summed E-state index contributed by atoms with van der Waals surface area (Å²) < 4.78 is 5.94. The molecule has 6 heteroatoms. The molecule has 1 aliphatic heterocycles. The number of likely N-dealkylation sites (tertiary alicyclic amines) is 1. The first kappa shape index (κ1) is 21.1. The zero-order valence-corrected chi connectivity index (χ0v) is 17.1. The van der Waals surface area contributed by atoms with Gasteiger partial charge in [0.25, 0.3) is 0 Å². The van der Waals surface area contributed by atoms with E-state index in [4.69, 9.17) is 16.3 Å². The van der Waals surface area contributed by atoms with Crippen LogP contribution in [0.4, 0.5) is 0 Å². The Morgan fingerprint density at radius 3 is 2.71 bits per heavy atom. The summed E-state index contributed by atoms with van der Waals surface area (Å²) in [6, 6.07) is 9.57. The van der Waals surface area contributed by atoms with Crippen LogP contribution < -0.4 is 10.1 Å². The normalized spacial score (nSPS) is 16.5. The molecule has 5 nitrogen and oxygen atoms in total. The van der Waals surface area contributed by atoms with Crippen molar-refractivity contribution in [2.24, 2.45) is 0 Å². The number of aliphatic hydroxyl groups excluding tert-OH is 1. The van der Waals surface area contributed by atoms with Crippen LogP contribution in [0.5, 0.6) is 5.75 Å². The highest BCUT2D eigenvalue weighted by atomic mass is 35.5. The fraction of sp³-hybridized carbons (Fsp3) is 0.500. The first-order valence-electron chi connectivity index (χ1n) is 10.1. The van der Waals surface area contributed by atoms with Crippen LogP contribution in [0.25, 0.3) is 0 Å². The molecule has 1 fully saturated rings. The van der Waals surface area contributed by atoms with Crippen LogP contribution in [-0.2, 0) is 13.1 Å². The lowest BCUT2D eigenvalue weighted by Gasteiger charge is -2.23. The number of halogens is 1. The van der Waals surface area contributed by atoms with Gasteiger partial charge in [-0.15, -0.1) is 0 Å². The molecule has 0 spiro atoms. The zero-order chi connectivity index (χ0) is 19.6. The van der Waals surface area contributed by atoms with Crippen LogP contribution in [-0.4, -0.2) is 47.3 Å². The van der Waals surface area contributed by atoms with Crippen LogP contribution in [0.2, 0.25) is 5.02 Å². The first-order chi connectivity index (χ1) is 13.7. The highest BCUT2D eigenvalue weighted by Crippen LogP contribution is 2.23. The highest BCUT2D eigenvalue weighted by molar-refractivity contribution is 6.30. The molecule has 1 atom stereocenters. The van der Waals surface area contributed by atoms with Crippen molar-refractivity contribution in [3.05, 3.63) is 58.9 Å². The third kappa shape index (κ3) is 7.06. The first-order valence-corrected chi connectivity index (χ1v) is 10.5. The van der Waals surface area contributed by atoms with Crippen molar-refractivity contribution < 1.29 is 9.84 Å². The lowest BCUT2D eigenvalue weighted by molar-refractivity contribution is 0.0690. The van der Waals surface area contributed by atoms with E-state index in [0.29, 0.717) is 18.1 Å².